The van der Waals surface area contributed by atoms with E-state index in [4.69, 9.17) is 4.74 Å². The van der Waals surface area contributed by atoms with Crippen molar-refractivity contribution in [2.75, 3.05) is 0 Å². The molecule has 0 heterocycles. The van der Waals surface area contributed by atoms with E-state index in [-0.39, 0.29) is 12.1 Å². The standard InChI is InChI=1S/C10H18O2/c1-4-5-6-7-8-10(11)12-9(2)3/h5-6,9H,4,7-8H2,1-3H3/b6-5-. The van der Waals surface area contributed by atoms with Gasteiger partial charge in [0.25, 0.3) is 0 Å². The predicted molar refractivity (Wildman–Crippen MR) is 49.9 cm³/mol. The van der Waals surface area contributed by atoms with Crippen LogP contribution in [-0.4, -0.2) is 12.1 Å². The van der Waals surface area contributed by atoms with E-state index in [9.17, 15) is 4.79 Å². The van der Waals surface area contributed by atoms with Gasteiger partial charge in [-0.05, 0) is 26.7 Å². The van der Waals surface area contributed by atoms with Crippen LogP contribution in [0.15, 0.2) is 12.2 Å². The number of esters is 1. The van der Waals surface area contributed by atoms with Crippen molar-refractivity contribution >= 4 is 5.97 Å². The topological polar surface area (TPSA) is 26.3 Å². The monoisotopic (exact) mass is 170 g/mol. The van der Waals surface area contributed by atoms with E-state index in [1.165, 1.54) is 0 Å². The van der Waals surface area contributed by atoms with Crippen molar-refractivity contribution in [2.24, 2.45) is 0 Å². The molecular formula is C10H18O2. The lowest BCUT2D eigenvalue weighted by Crippen LogP contribution is -2.10. The Bertz CT molecular complexity index is 148. The summed E-state index contributed by atoms with van der Waals surface area (Å²) in [5.74, 6) is -0.106. The third-order valence-corrected chi connectivity index (χ3v) is 1.28. The number of carbonyl (C=O) groups is 1. The summed E-state index contributed by atoms with van der Waals surface area (Å²) < 4.78 is 4.96. The first-order valence-electron chi connectivity index (χ1n) is 4.51. The fourth-order valence-electron chi connectivity index (χ4n) is 0.808. The molecule has 0 saturated carbocycles. The lowest BCUT2D eigenvalue weighted by Gasteiger charge is -2.05. The molecule has 0 fully saturated rings. The van der Waals surface area contributed by atoms with E-state index in [2.05, 4.69) is 13.0 Å². The molecule has 0 aliphatic heterocycles. The molecule has 0 aliphatic rings. The Balaban J connectivity index is 3.38. The molecule has 0 unspecified atom stereocenters. The summed E-state index contributed by atoms with van der Waals surface area (Å²) in [5.41, 5.74) is 0. The molecule has 0 atom stereocenters. The smallest absolute Gasteiger partial charge is 0.306 e. The molecule has 0 amide bonds. The summed E-state index contributed by atoms with van der Waals surface area (Å²) in [5, 5.41) is 0. The van der Waals surface area contributed by atoms with Gasteiger partial charge in [0, 0.05) is 6.42 Å². The number of allylic oxidation sites excluding steroid dienone is 2. The van der Waals surface area contributed by atoms with Gasteiger partial charge >= 0.3 is 5.97 Å². The number of carbonyl (C=O) groups excluding carboxylic acids is 1. The fraction of sp³-hybridized carbons (Fsp3) is 0.700. The van der Waals surface area contributed by atoms with Gasteiger partial charge in [-0.2, -0.15) is 0 Å². The van der Waals surface area contributed by atoms with Gasteiger partial charge in [-0.3, -0.25) is 4.79 Å². The first kappa shape index (κ1) is 11.2. The van der Waals surface area contributed by atoms with Crippen molar-refractivity contribution in [2.45, 2.75) is 46.1 Å². The van der Waals surface area contributed by atoms with Gasteiger partial charge in [-0.15, -0.1) is 0 Å². The van der Waals surface area contributed by atoms with Gasteiger partial charge in [-0.25, -0.2) is 0 Å². The SMILES string of the molecule is CC/C=C\CCC(=O)OC(C)C. The van der Waals surface area contributed by atoms with Crippen LogP contribution in [0.25, 0.3) is 0 Å². The number of hydrogen-bond acceptors (Lipinski definition) is 2. The molecule has 0 saturated heterocycles. The number of ether oxygens (including phenoxy) is 1. The van der Waals surface area contributed by atoms with Crippen LogP contribution in [-0.2, 0) is 9.53 Å². The van der Waals surface area contributed by atoms with Crippen LogP contribution in [0.2, 0.25) is 0 Å². The Morgan fingerprint density at radius 2 is 2.08 bits per heavy atom. The van der Waals surface area contributed by atoms with E-state index >= 15 is 0 Å². The molecule has 2 heteroatoms. The molecule has 0 aliphatic carbocycles. The maximum absolute atomic E-state index is 11.0. The molecule has 0 N–H and O–H groups in total. The second kappa shape index (κ2) is 6.89. The first-order chi connectivity index (χ1) is 5.66. The molecule has 12 heavy (non-hydrogen) atoms. The highest BCUT2D eigenvalue weighted by atomic mass is 16.5. The molecule has 0 aromatic heterocycles. The molecule has 0 radical (unpaired) electrons. The first-order valence-corrected chi connectivity index (χ1v) is 4.51. The van der Waals surface area contributed by atoms with Crippen molar-refractivity contribution in [3.8, 4) is 0 Å². The fourth-order valence-corrected chi connectivity index (χ4v) is 0.808. The van der Waals surface area contributed by atoms with Crippen molar-refractivity contribution in [1.82, 2.24) is 0 Å². The summed E-state index contributed by atoms with van der Waals surface area (Å²) in [4.78, 5) is 11.0. The Labute approximate surface area is 74.6 Å². The zero-order valence-electron chi connectivity index (χ0n) is 8.17. The Kier molecular flexibility index (Phi) is 6.44. The number of hydrogen-bond donors (Lipinski definition) is 0. The normalized spacial score (nSPS) is 11.0. The Hall–Kier alpha value is -0.790. The molecule has 70 valence electrons. The summed E-state index contributed by atoms with van der Waals surface area (Å²) in [6.07, 6.45) is 6.39. The van der Waals surface area contributed by atoms with Crippen LogP contribution in [0.4, 0.5) is 0 Å². The van der Waals surface area contributed by atoms with E-state index in [0.717, 1.165) is 12.8 Å². The average Bonchev–Trinajstić information content (AvgIpc) is 1.97. The second-order valence-corrected chi connectivity index (χ2v) is 2.96. The maximum atomic E-state index is 11.0. The molecule has 0 aromatic carbocycles. The summed E-state index contributed by atoms with van der Waals surface area (Å²) in [7, 11) is 0. The second-order valence-electron chi connectivity index (χ2n) is 2.96. The van der Waals surface area contributed by atoms with E-state index in [1.54, 1.807) is 0 Å². The van der Waals surface area contributed by atoms with Crippen LogP contribution in [0.5, 0.6) is 0 Å². The minimum atomic E-state index is -0.106. The molecule has 0 aromatic rings. The largest absolute Gasteiger partial charge is 0.463 e. The molecule has 2 nitrogen and oxygen atoms in total. The Morgan fingerprint density at radius 3 is 2.58 bits per heavy atom. The van der Waals surface area contributed by atoms with Crippen molar-refractivity contribution in [3.05, 3.63) is 12.2 Å². The van der Waals surface area contributed by atoms with Crippen LogP contribution >= 0.6 is 0 Å². The molecule has 0 rings (SSSR count). The van der Waals surface area contributed by atoms with Gasteiger partial charge < -0.3 is 4.74 Å². The zero-order chi connectivity index (χ0) is 9.40. The average molecular weight is 170 g/mol. The van der Waals surface area contributed by atoms with Crippen molar-refractivity contribution < 1.29 is 9.53 Å². The number of rotatable bonds is 5. The van der Waals surface area contributed by atoms with Gasteiger partial charge in [0.05, 0.1) is 6.10 Å². The van der Waals surface area contributed by atoms with Crippen LogP contribution in [0.1, 0.15) is 40.0 Å². The van der Waals surface area contributed by atoms with Crippen molar-refractivity contribution in [1.29, 1.82) is 0 Å². The van der Waals surface area contributed by atoms with Crippen LogP contribution in [0.3, 0.4) is 0 Å². The zero-order valence-corrected chi connectivity index (χ0v) is 8.17. The van der Waals surface area contributed by atoms with Gasteiger partial charge in [0.1, 0.15) is 0 Å². The molecule has 0 bridgehead atoms. The highest BCUT2D eigenvalue weighted by molar-refractivity contribution is 5.69. The van der Waals surface area contributed by atoms with Gasteiger partial charge in [0.2, 0.25) is 0 Å². The minimum Gasteiger partial charge on any atom is -0.463 e. The highest BCUT2D eigenvalue weighted by Gasteiger charge is 2.02. The molecular weight excluding hydrogens is 152 g/mol. The molecule has 0 spiro atoms. The summed E-state index contributed by atoms with van der Waals surface area (Å²) >= 11 is 0. The van der Waals surface area contributed by atoms with Crippen molar-refractivity contribution in [3.63, 3.8) is 0 Å². The Morgan fingerprint density at radius 1 is 1.42 bits per heavy atom. The van der Waals surface area contributed by atoms with Gasteiger partial charge in [-0.1, -0.05) is 19.1 Å². The van der Waals surface area contributed by atoms with Crippen LogP contribution in [0, 0.1) is 0 Å². The maximum Gasteiger partial charge on any atom is 0.306 e. The minimum absolute atomic E-state index is 0.00709. The van der Waals surface area contributed by atoms with Gasteiger partial charge in [0.15, 0.2) is 0 Å². The summed E-state index contributed by atoms with van der Waals surface area (Å²) in [6, 6.07) is 0. The van der Waals surface area contributed by atoms with E-state index < -0.39 is 0 Å². The van der Waals surface area contributed by atoms with E-state index in [0.29, 0.717) is 6.42 Å². The highest BCUT2D eigenvalue weighted by Crippen LogP contribution is 1.98. The lowest BCUT2D eigenvalue weighted by atomic mass is 10.3. The van der Waals surface area contributed by atoms with E-state index in [1.807, 2.05) is 19.9 Å². The summed E-state index contributed by atoms with van der Waals surface area (Å²) in [6.45, 7) is 5.79. The van der Waals surface area contributed by atoms with Crippen LogP contribution < -0.4 is 0 Å². The third kappa shape index (κ3) is 7.32. The quantitative estimate of drug-likeness (QED) is 0.468. The third-order valence-electron chi connectivity index (χ3n) is 1.28. The lowest BCUT2D eigenvalue weighted by molar-refractivity contribution is -0.147. The predicted octanol–water partition coefficient (Wildman–Crippen LogP) is 2.68.